The molecule has 0 bridgehead atoms. The molecule has 0 radical (unpaired) electrons. The highest BCUT2D eigenvalue weighted by Gasteiger charge is 2.35. The van der Waals surface area contributed by atoms with Crippen LogP contribution < -0.4 is 17.1 Å². The van der Waals surface area contributed by atoms with Crippen LogP contribution in [0.2, 0.25) is 0 Å². The molecule has 0 aliphatic heterocycles. The number of aromatic nitrogens is 3. The molecule has 1 heterocycles. The lowest BCUT2D eigenvalue weighted by atomic mass is 9.82. The van der Waals surface area contributed by atoms with Crippen LogP contribution in [-0.4, -0.2) is 46.9 Å². The summed E-state index contributed by atoms with van der Waals surface area (Å²) in [6.45, 7) is 31.9. The molecule has 4 rings (SSSR count). The van der Waals surface area contributed by atoms with E-state index < -0.39 is 87.7 Å². The van der Waals surface area contributed by atoms with Crippen molar-refractivity contribution in [1.82, 2.24) is 13.7 Å². The van der Waals surface area contributed by atoms with Crippen LogP contribution in [0.4, 0.5) is 0 Å². The minimum absolute atomic E-state index is 0.0921. The molecule has 3 aromatic carbocycles. The minimum Gasteiger partial charge on any atom is -0.507 e. The van der Waals surface area contributed by atoms with Crippen LogP contribution in [0.5, 0.6) is 17.2 Å². The number of carbonyl (C=O) groups excluding carboxylic acids is 3. The van der Waals surface area contributed by atoms with Gasteiger partial charge in [-0.1, -0.05) is 119 Å². The van der Waals surface area contributed by atoms with Crippen LogP contribution in [0.3, 0.4) is 0 Å². The van der Waals surface area contributed by atoms with Crippen molar-refractivity contribution in [3.05, 3.63) is 118 Å². The summed E-state index contributed by atoms with van der Waals surface area (Å²) in [5.74, 6) is -5.05. The third kappa shape index (κ3) is 11.7. The molecule has 0 fully saturated rings. The van der Waals surface area contributed by atoms with E-state index >= 15 is 0 Å². The summed E-state index contributed by atoms with van der Waals surface area (Å²) in [7, 11) is 0. The highest BCUT2D eigenvalue weighted by Crippen LogP contribution is 2.39. The maximum absolute atomic E-state index is 14.8. The number of benzene rings is 3. The Kier molecular flexibility index (Phi) is 16.8. The Morgan fingerprint density at radius 3 is 0.826 bits per heavy atom. The molecule has 0 spiro atoms. The van der Waals surface area contributed by atoms with Crippen LogP contribution in [0.25, 0.3) is 0 Å². The van der Waals surface area contributed by atoms with Crippen molar-refractivity contribution >= 4 is 17.9 Å². The number of ether oxygens (including phenoxy) is 3. The quantitative estimate of drug-likeness (QED) is 0.0752. The molecule has 3 N–H and O–H groups in total. The smallest absolute Gasteiger partial charge is 0.342 e. The molecular formula is C54H75N3O12. The second-order valence-electron chi connectivity index (χ2n) is 21.5. The van der Waals surface area contributed by atoms with E-state index in [4.69, 9.17) is 14.2 Å². The van der Waals surface area contributed by atoms with Gasteiger partial charge in [-0.05, 0) is 108 Å². The topological polar surface area (TPSA) is 206 Å². The van der Waals surface area contributed by atoms with E-state index in [9.17, 15) is 44.1 Å². The van der Waals surface area contributed by atoms with E-state index in [0.29, 0.717) is 63.8 Å². The van der Waals surface area contributed by atoms with E-state index in [0.717, 1.165) is 0 Å². The Balaban J connectivity index is 1.91. The maximum atomic E-state index is 14.8. The van der Waals surface area contributed by atoms with E-state index in [2.05, 4.69) is 0 Å². The first-order chi connectivity index (χ1) is 31.7. The van der Waals surface area contributed by atoms with Gasteiger partial charge in [0.25, 0.3) is 0 Å². The summed E-state index contributed by atoms with van der Waals surface area (Å²) in [6.07, 6.45) is -5.23. The van der Waals surface area contributed by atoms with E-state index in [1.807, 2.05) is 62.3 Å². The molecule has 0 saturated heterocycles. The zero-order valence-corrected chi connectivity index (χ0v) is 43.9. The van der Waals surface area contributed by atoms with Crippen LogP contribution in [0, 0.1) is 20.8 Å². The summed E-state index contributed by atoms with van der Waals surface area (Å²) in [6, 6.07) is 10.1. The van der Waals surface area contributed by atoms with Crippen LogP contribution in [0.15, 0.2) is 50.8 Å². The molecule has 6 unspecified atom stereocenters. The first-order valence-electron chi connectivity index (χ1n) is 23.9. The van der Waals surface area contributed by atoms with E-state index in [-0.39, 0.29) is 36.5 Å². The summed E-state index contributed by atoms with van der Waals surface area (Å²) >= 11 is 0. The Labute approximate surface area is 406 Å². The van der Waals surface area contributed by atoms with Crippen LogP contribution in [0.1, 0.15) is 210 Å². The second-order valence-corrected chi connectivity index (χ2v) is 21.5. The van der Waals surface area contributed by atoms with Crippen molar-refractivity contribution in [2.75, 3.05) is 0 Å². The zero-order chi connectivity index (χ0) is 52.6. The lowest BCUT2D eigenvalue weighted by molar-refractivity contribution is -0.158. The SMILES string of the molecule is CCC(OC(=O)C(C)c1cc(C)c(O)c(C(C)(C)C)c1)n1c(=O)n(C(CC)OC(=O)C(C)c2cc(C)c(O)c(C(C)(C)C)c2)c(=O)n(C(CC)OC(=O)C(C)c2cc(C)c(O)c(C(C)(C)C)c2)c1=O. The number of hydrogen-bond donors (Lipinski definition) is 3. The molecule has 0 saturated carbocycles. The number of nitrogens with zero attached hydrogens (tertiary/aromatic N) is 3. The monoisotopic (exact) mass is 958 g/mol. The molecule has 378 valence electrons. The van der Waals surface area contributed by atoms with Gasteiger partial charge in [-0.25, -0.2) is 28.1 Å². The number of aryl methyl sites for hydroxylation is 3. The molecule has 1 aromatic heterocycles. The number of rotatable bonds is 15. The number of phenolic OH excluding ortho intramolecular Hbond substituents is 3. The Bertz CT molecular complexity index is 2450. The van der Waals surface area contributed by atoms with Gasteiger partial charge in [-0.3, -0.25) is 14.4 Å². The average molecular weight is 958 g/mol. The first-order valence-corrected chi connectivity index (χ1v) is 23.9. The lowest BCUT2D eigenvalue weighted by Gasteiger charge is -2.28. The molecule has 0 aliphatic carbocycles. The molecular weight excluding hydrogens is 883 g/mol. The fraction of sp³-hybridized carbons (Fsp3) is 0.556. The maximum Gasteiger partial charge on any atom is 0.342 e. The van der Waals surface area contributed by atoms with E-state index in [1.165, 1.54) is 0 Å². The number of esters is 3. The normalized spacial score (nSPS) is 14.9. The predicted octanol–water partition coefficient (Wildman–Crippen LogP) is 9.87. The average Bonchev–Trinajstić information content (AvgIpc) is 3.25. The number of phenols is 3. The third-order valence-corrected chi connectivity index (χ3v) is 12.9. The van der Waals surface area contributed by atoms with Gasteiger partial charge in [0.05, 0.1) is 17.8 Å². The van der Waals surface area contributed by atoms with Crippen molar-refractivity contribution in [2.24, 2.45) is 0 Å². The van der Waals surface area contributed by atoms with Gasteiger partial charge < -0.3 is 29.5 Å². The molecule has 15 heteroatoms. The first kappa shape index (κ1) is 55.5. The highest BCUT2D eigenvalue weighted by molar-refractivity contribution is 5.79. The van der Waals surface area contributed by atoms with Gasteiger partial charge in [-0.2, -0.15) is 0 Å². The van der Waals surface area contributed by atoms with Crippen molar-refractivity contribution in [2.45, 2.75) is 197 Å². The highest BCUT2D eigenvalue weighted by atomic mass is 16.6. The summed E-state index contributed by atoms with van der Waals surface area (Å²) in [5.41, 5.74) is -0.242. The fourth-order valence-electron chi connectivity index (χ4n) is 8.29. The Hall–Kier alpha value is -6.12. The second kappa shape index (κ2) is 20.9. The summed E-state index contributed by atoms with van der Waals surface area (Å²) in [4.78, 5) is 86.8. The Morgan fingerprint density at radius 1 is 0.449 bits per heavy atom. The third-order valence-electron chi connectivity index (χ3n) is 12.9. The number of carbonyl (C=O) groups is 3. The molecule has 69 heavy (non-hydrogen) atoms. The summed E-state index contributed by atoms with van der Waals surface area (Å²) < 4.78 is 19.8. The van der Waals surface area contributed by atoms with Crippen molar-refractivity contribution in [1.29, 1.82) is 0 Å². The van der Waals surface area contributed by atoms with Gasteiger partial charge in [-0.15, -0.1) is 0 Å². The molecule has 4 aromatic rings. The minimum atomic E-state index is -1.61. The standard InChI is InChI=1S/C54H75N3O12/c1-19-40(67-46(61)31(7)34-22-28(4)43(58)37(25-34)52(10,11)12)55-49(64)56(41(20-2)68-47(62)32(8)35-23-29(5)44(59)38(26-35)53(13,14)15)51(66)57(50(55)65)42(21-3)69-48(63)33(9)36-24-30(6)45(60)39(27-36)54(16,17)18/h22-27,31-33,40-42,58-60H,19-21H2,1-18H3. The largest absolute Gasteiger partial charge is 0.507 e. The van der Waals surface area contributed by atoms with Crippen molar-refractivity contribution < 1.29 is 43.9 Å². The van der Waals surface area contributed by atoms with Crippen molar-refractivity contribution in [3.8, 4) is 17.2 Å². The van der Waals surface area contributed by atoms with Crippen LogP contribution >= 0.6 is 0 Å². The van der Waals surface area contributed by atoms with Gasteiger partial charge in [0.1, 0.15) is 17.2 Å². The van der Waals surface area contributed by atoms with Crippen LogP contribution in [-0.2, 0) is 44.8 Å². The lowest BCUT2D eigenvalue weighted by Crippen LogP contribution is -2.58. The molecule has 6 atom stereocenters. The molecule has 0 aliphatic rings. The number of aromatic hydroxyl groups is 3. The predicted molar refractivity (Wildman–Crippen MR) is 265 cm³/mol. The van der Waals surface area contributed by atoms with Gasteiger partial charge in [0.15, 0.2) is 18.7 Å². The van der Waals surface area contributed by atoms with Gasteiger partial charge in [0.2, 0.25) is 0 Å². The summed E-state index contributed by atoms with van der Waals surface area (Å²) in [5, 5.41) is 32.7. The van der Waals surface area contributed by atoms with Crippen molar-refractivity contribution in [3.63, 3.8) is 0 Å². The number of hydrogen-bond acceptors (Lipinski definition) is 12. The zero-order valence-electron chi connectivity index (χ0n) is 43.9. The van der Waals surface area contributed by atoms with Gasteiger partial charge >= 0.3 is 35.0 Å². The fourth-order valence-corrected chi connectivity index (χ4v) is 8.29. The molecule has 15 nitrogen and oxygen atoms in total. The Morgan fingerprint density at radius 2 is 0.652 bits per heavy atom. The molecule has 0 amide bonds. The van der Waals surface area contributed by atoms with E-state index in [1.54, 1.807) is 98.7 Å². The van der Waals surface area contributed by atoms with Gasteiger partial charge in [0, 0.05) is 19.3 Å².